The van der Waals surface area contributed by atoms with Crippen molar-refractivity contribution in [2.45, 2.75) is 32.4 Å². The number of aromatic nitrogens is 5. The number of hydrogen-bond donors (Lipinski definition) is 0. The monoisotopic (exact) mass is 392 g/mol. The zero-order valence-corrected chi connectivity index (χ0v) is 16.8. The maximum atomic E-state index is 12.2. The van der Waals surface area contributed by atoms with Crippen molar-refractivity contribution < 1.29 is 9.53 Å². The molecule has 2 aliphatic rings. The van der Waals surface area contributed by atoms with E-state index >= 15 is 0 Å². The summed E-state index contributed by atoms with van der Waals surface area (Å²) in [6.45, 7) is 8.71. The van der Waals surface area contributed by atoms with Crippen molar-refractivity contribution in [3.63, 3.8) is 0 Å². The minimum Gasteiger partial charge on any atom is -0.472 e. The van der Waals surface area contributed by atoms with E-state index in [4.69, 9.17) is 9.72 Å². The molecular formula is C21H24N6O2. The smallest absolute Gasteiger partial charge is 0.246 e. The second-order valence-electron chi connectivity index (χ2n) is 8.49. The van der Waals surface area contributed by atoms with Crippen LogP contribution in [-0.2, 0) is 11.8 Å². The van der Waals surface area contributed by atoms with Gasteiger partial charge in [0.1, 0.15) is 11.6 Å². The van der Waals surface area contributed by atoms with E-state index in [-0.39, 0.29) is 23.5 Å². The van der Waals surface area contributed by atoms with E-state index in [2.05, 4.69) is 30.6 Å². The molecule has 4 heterocycles. The third kappa shape index (κ3) is 2.58. The molecule has 0 aromatic carbocycles. The van der Waals surface area contributed by atoms with Gasteiger partial charge in [0.2, 0.25) is 11.8 Å². The van der Waals surface area contributed by atoms with Crippen LogP contribution >= 0.6 is 0 Å². The van der Waals surface area contributed by atoms with E-state index in [0.717, 1.165) is 29.7 Å². The summed E-state index contributed by atoms with van der Waals surface area (Å²) in [5.41, 5.74) is 2.31. The van der Waals surface area contributed by atoms with Crippen molar-refractivity contribution >= 4 is 11.4 Å². The van der Waals surface area contributed by atoms with Crippen LogP contribution in [0.5, 0.6) is 5.88 Å². The largest absolute Gasteiger partial charge is 0.472 e. The van der Waals surface area contributed by atoms with Gasteiger partial charge in [0, 0.05) is 42.7 Å². The third-order valence-electron chi connectivity index (χ3n) is 6.38. The number of hydrogen-bond acceptors (Lipinski definition) is 5. The molecule has 0 bridgehead atoms. The number of aryl methyl sites for hydroxylation is 1. The molecule has 0 N–H and O–H groups in total. The average Bonchev–Trinajstić information content (AvgIpc) is 3.43. The second kappa shape index (κ2) is 6.17. The van der Waals surface area contributed by atoms with Gasteiger partial charge >= 0.3 is 0 Å². The number of carbonyl (C=O) groups excluding carboxylic acids is 1. The summed E-state index contributed by atoms with van der Waals surface area (Å²) in [6.07, 6.45) is 9.63. The molecule has 1 saturated carbocycles. The van der Waals surface area contributed by atoms with Gasteiger partial charge in [0.15, 0.2) is 0 Å². The molecule has 0 unspecified atom stereocenters. The molecule has 1 amide bonds. The number of nitrogens with zero attached hydrogens (tertiary/aromatic N) is 6. The Morgan fingerprint density at radius 2 is 2.17 bits per heavy atom. The van der Waals surface area contributed by atoms with Crippen molar-refractivity contribution in [3.8, 4) is 17.1 Å². The van der Waals surface area contributed by atoms with Gasteiger partial charge < -0.3 is 9.64 Å². The molecule has 8 nitrogen and oxygen atoms in total. The molecular weight excluding hydrogens is 368 g/mol. The summed E-state index contributed by atoms with van der Waals surface area (Å²) in [4.78, 5) is 19.0. The van der Waals surface area contributed by atoms with E-state index in [1.165, 1.54) is 6.08 Å². The average molecular weight is 392 g/mol. The molecule has 29 heavy (non-hydrogen) atoms. The van der Waals surface area contributed by atoms with Gasteiger partial charge in [-0.25, -0.2) is 9.50 Å². The maximum absolute atomic E-state index is 12.2. The fourth-order valence-electron chi connectivity index (χ4n) is 5.09. The van der Waals surface area contributed by atoms with Gasteiger partial charge in [0.05, 0.1) is 24.3 Å². The lowest BCUT2D eigenvalue weighted by Crippen LogP contribution is -2.66. The van der Waals surface area contributed by atoms with Crippen molar-refractivity contribution in [2.24, 2.45) is 18.4 Å². The minimum atomic E-state index is -0.178. The SMILES string of the molecule is C=CC(=O)N1CC[C@@H]2[C@@H](Oc3nc(-c4cnn(C)c4)cn4nccc34)C(C)(C)[C@@H]21. The number of rotatable bonds is 4. The topological polar surface area (TPSA) is 77.6 Å². The molecule has 3 aromatic heterocycles. The molecule has 0 radical (unpaired) electrons. The van der Waals surface area contributed by atoms with Gasteiger partial charge in [-0.15, -0.1) is 0 Å². The van der Waals surface area contributed by atoms with Gasteiger partial charge in [0.25, 0.3) is 0 Å². The Kier molecular flexibility index (Phi) is 3.81. The van der Waals surface area contributed by atoms with Crippen molar-refractivity contribution in [1.82, 2.24) is 29.3 Å². The number of carbonyl (C=O) groups is 1. The van der Waals surface area contributed by atoms with Crippen LogP contribution in [0.2, 0.25) is 0 Å². The first-order chi connectivity index (χ1) is 13.9. The second-order valence-corrected chi connectivity index (χ2v) is 8.49. The summed E-state index contributed by atoms with van der Waals surface area (Å²) >= 11 is 0. The predicted octanol–water partition coefficient (Wildman–Crippen LogP) is 2.32. The molecule has 0 spiro atoms. The van der Waals surface area contributed by atoms with E-state index in [1.807, 2.05) is 30.4 Å². The Balaban J connectivity index is 1.49. The summed E-state index contributed by atoms with van der Waals surface area (Å²) in [5.74, 6) is 0.855. The van der Waals surface area contributed by atoms with Crippen LogP contribution < -0.4 is 4.74 Å². The van der Waals surface area contributed by atoms with Crippen LogP contribution in [0.15, 0.2) is 43.5 Å². The zero-order chi connectivity index (χ0) is 20.3. The molecule has 8 heteroatoms. The van der Waals surface area contributed by atoms with Gasteiger partial charge in [-0.2, -0.15) is 10.2 Å². The number of fused-ring (bicyclic) bond motifs is 2. The standard InChI is InChI=1S/C21H24N6O2/c1-5-17(28)26-9-7-14-18(26)21(2,3)19(14)29-20-16-6-8-22-27(16)12-15(24-20)13-10-23-25(4)11-13/h5-6,8,10-12,14,18-19H,1,7,9H2,2-4H3/t14-,18+,19+/m0/s1. The van der Waals surface area contributed by atoms with Gasteiger partial charge in [-0.3, -0.25) is 9.48 Å². The highest BCUT2D eigenvalue weighted by atomic mass is 16.5. The lowest BCUT2D eigenvalue weighted by molar-refractivity contribution is -0.152. The predicted molar refractivity (Wildman–Crippen MR) is 107 cm³/mol. The van der Waals surface area contributed by atoms with Gasteiger partial charge in [-0.05, 0) is 18.6 Å². The first-order valence-electron chi connectivity index (χ1n) is 9.83. The molecule has 3 aromatic rings. The van der Waals surface area contributed by atoms with Crippen LogP contribution in [0.25, 0.3) is 16.8 Å². The molecule has 1 saturated heterocycles. The zero-order valence-electron chi connectivity index (χ0n) is 16.8. The maximum Gasteiger partial charge on any atom is 0.246 e. The van der Waals surface area contributed by atoms with E-state index in [0.29, 0.717) is 11.8 Å². The number of ether oxygens (including phenoxy) is 1. The summed E-state index contributed by atoms with van der Waals surface area (Å²) in [7, 11) is 1.88. The summed E-state index contributed by atoms with van der Waals surface area (Å²) < 4.78 is 10.1. The van der Waals surface area contributed by atoms with Crippen LogP contribution in [0.1, 0.15) is 20.3 Å². The lowest BCUT2D eigenvalue weighted by atomic mass is 9.57. The Labute approximate surface area is 168 Å². The van der Waals surface area contributed by atoms with Crippen LogP contribution in [0, 0.1) is 11.3 Å². The fraction of sp³-hybridized carbons (Fsp3) is 0.429. The molecule has 2 fully saturated rings. The molecule has 5 rings (SSSR count). The summed E-state index contributed by atoms with van der Waals surface area (Å²) in [5, 5.41) is 8.62. The molecule has 150 valence electrons. The quantitative estimate of drug-likeness (QED) is 0.637. The molecule has 3 atom stereocenters. The Morgan fingerprint density at radius 1 is 1.34 bits per heavy atom. The van der Waals surface area contributed by atoms with Crippen LogP contribution in [-0.4, -0.2) is 53.9 Å². The van der Waals surface area contributed by atoms with Crippen molar-refractivity contribution in [3.05, 3.63) is 43.5 Å². The van der Waals surface area contributed by atoms with Crippen molar-refractivity contribution in [1.29, 1.82) is 0 Å². The van der Waals surface area contributed by atoms with E-state index in [9.17, 15) is 4.79 Å². The normalized spacial score (nSPS) is 24.9. The molecule has 1 aliphatic carbocycles. The highest BCUT2D eigenvalue weighted by Gasteiger charge is 2.63. The number of amides is 1. The summed E-state index contributed by atoms with van der Waals surface area (Å²) in [6, 6.07) is 2.07. The van der Waals surface area contributed by atoms with E-state index < -0.39 is 0 Å². The highest BCUT2D eigenvalue weighted by Crippen LogP contribution is 2.55. The lowest BCUT2D eigenvalue weighted by Gasteiger charge is -2.56. The Hall–Kier alpha value is -3.16. The van der Waals surface area contributed by atoms with Gasteiger partial charge in [-0.1, -0.05) is 20.4 Å². The Bertz CT molecular complexity index is 1110. The number of likely N-dealkylation sites (tertiary alicyclic amines) is 1. The highest BCUT2D eigenvalue weighted by molar-refractivity contribution is 5.87. The van der Waals surface area contributed by atoms with Crippen LogP contribution in [0.3, 0.4) is 0 Å². The fourth-order valence-corrected chi connectivity index (χ4v) is 5.09. The first kappa shape index (κ1) is 17.9. The van der Waals surface area contributed by atoms with Crippen molar-refractivity contribution in [2.75, 3.05) is 6.54 Å². The molecule has 1 aliphatic heterocycles. The minimum absolute atomic E-state index is 0.00101. The first-order valence-corrected chi connectivity index (χ1v) is 9.83. The van der Waals surface area contributed by atoms with Crippen LogP contribution in [0.4, 0.5) is 0 Å². The third-order valence-corrected chi connectivity index (χ3v) is 6.38. The Morgan fingerprint density at radius 3 is 2.90 bits per heavy atom. The van der Waals surface area contributed by atoms with E-state index in [1.54, 1.807) is 21.6 Å².